The molecule has 1 fully saturated rings. The van der Waals surface area contributed by atoms with Crippen LogP contribution in [0.1, 0.15) is 37.5 Å². The number of hydrogen-bond donors (Lipinski definition) is 1. The van der Waals surface area contributed by atoms with E-state index in [2.05, 4.69) is 30.5 Å². The Kier molecular flexibility index (Phi) is 4.93. The highest BCUT2D eigenvalue weighted by molar-refractivity contribution is 5.86. The summed E-state index contributed by atoms with van der Waals surface area (Å²) in [5.74, 6) is 1.55. The molecule has 158 valence electrons. The van der Waals surface area contributed by atoms with E-state index in [1.54, 1.807) is 40.1 Å². The van der Waals surface area contributed by atoms with Crippen LogP contribution in [-0.4, -0.2) is 40.6 Å². The van der Waals surface area contributed by atoms with Crippen molar-refractivity contribution in [3.63, 3.8) is 0 Å². The van der Waals surface area contributed by atoms with Gasteiger partial charge in [-0.25, -0.2) is 14.6 Å². The van der Waals surface area contributed by atoms with Gasteiger partial charge in [0.25, 0.3) is 5.56 Å². The first kappa shape index (κ1) is 19.3. The average molecular weight is 416 g/mol. The van der Waals surface area contributed by atoms with Gasteiger partial charge in [-0.1, -0.05) is 0 Å². The lowest BCUT2D eigenvalue weighted by Crippen LogP contribution is -2.33. The fraction of sp³-hybridized carbons (Fsp3) is 0.364. The topological polar surface area (TPSA) is 103 Å². The van der Waals surface area contributed by atoms with Gasteiger partial charge in [-0.15, -0.1) is 0 Å². The van der Waals surface area contributed by atoms with E-state index in [4.69, 9.17) is 0 Å². The molecular weight excluding hydrogens is 392 g/mol. The van der Waals surface area contributed by atoms with E-state index in [1.165, 1.54) is 0 Å². The standard InChI is InChI=1S/C22H24N8O/c1-14-25-21(18-13-24-29(2)22(18)26-14)27-16-3-5-17(6-4-16)30-20(31)8-7-19(28-30)15-9-11-23-12-10-15/h7-13,16-17H,3-6H2,1-2H3,(H,25,26,27). The van der Waals surface area contributed by atoms with E-state index in [9.17, 15) is 4.79 Å². The zero-order chi connectivity index (χ0) is 21.4. The molecule has 1 saturated carbocycles. The van der Waals surface area contributed by atoms with Crippen molar-refractivity contribution >= 4 is 16.9 Å². The van der Waals surface area contributed by atoms with Gasteiger partial charge in [0.15, 0.2) is 5.65 Å². The van der Waals surface area contributed by atoms with E-state index < -0.39 is 0 Å². The molecule has 4 aromatic heterocycles. The monoisotopic (exact) mass is 416 g/mol. The highest BCUT2D eigenvalue weighted by Gasteiger charge is 2.25. The van der Waals surface area contributed by atoms with Gasteiger partial charge in [0, 0.05) is 37.1 Å². The molecule has 0 aromatic carbocycles. The molecule has 0 saturated heterocycles. The maximum Gasteiger partial charge on any atom is 0.267 e. The molecule has 1 N–H and O–H groups in total. The summed E-state index contributed by atoms with van der Waals surface area (Å²) in [6.07, 6.45) is 8.90. The third-order valence-electron chi connectivity index (χ3n) is 5.89. The Bertz CT molecular complexity index is 1270. The van der Waals surface area contributed by atoms with Gasteiger partial charge < -0.3 is 5.32 Å². The molecule has 0 radical (unpaired) electrons. The molecule has 9 nitrogen and oxygen atoms in total. The van der Waals surface area contributed by atoms with Crippen molar-refractivity contribution in [2.75, 3.05) is 5.32 Å². The number of rotatable bonds is 4. The first-order valence-electron chi connectivity index (χ1n) is 10.5. The Morgan fingerprint density at radius 2 is 1.81 bits per heavy atom. The van der Waals surface area contributed by atoms with E-state index >= 15 is 0 Å². The van der Waals surface area contributed by atoms with Crippen LogP contribution in [0.4, 0.5) is 5.82 Å². The molecule has 4 aromatic rings. The Morgan fingerprint density at radius 3 is 2.58 bits per heavy atom. The number of anilines is 1. The minimum atomic E-state index is -0.0577. The van der Waals surface area contributed by atoms with Crippen molar-refractivity contribution in [3.8, 4) is 11.3 Å². The van der Waals surface area contributed by atoms with Gasteiger partial charge in [0.1, 0.15) is 11.6 Å². The fourth-order valence-corrected chi connectivity index (χ4v) is 4.26. The fourth-order valence-electron chi connectivity index (χ4n) is 4.26. The van der Waals surface area contributed by atoms with Gasteiger partial charge in [-0.2, -0.15) is 10.2 Å². The van der Waals surface area contributed by atoms with Gasteiger partial charge in [0.05, 0.1) is 23.3 Å². The van der Waals surface area contributed by atoms with Gasteiger partial charge in [-0.3, -0.25) is 14.5 Å². The maximum atomic E-state index is 12.5. The van der Waals surface area contributed by atoms with Crippen molar-refractivity contribution in [1.29, 1.82) is 0 Å². The van der Waals surface area contributed by atoms with Crippen LogP contribution in [0.5, 0.6) is 0 Å². The smallest absolute Gasteiger partial charge is 0.267 e. The third kappa shape index (κ3) is 3.78. The summed E-state index contributed by atoms with van der Waals surface area (Å²) in [5.41, 5.74) is 2.52. The highest BCUT2D eigenvalue weighted by atomic mass is 16.1. The number of nitrogens with zero attached hydrogens (tertiary/aromatic N) is 7. The van der Waals surface area contributed by atoms with Crippen LogP contribution in [0.2, 0.25) is 0 Å². The van der Waals surface area contributed by atoms with Crippen LogP contribution in [0.25, 0.3) is 22.3 Å². The summed E-state index contributed by atoms with van der Waals surface area (Å²) in [5, 5.41) is 13.5. The summed E-state index contributed by atoms with van der Waals surface area (Å²) in [6, 6.07) is 7.57. The largest absolute Gasteiger partial charge is 0.367 e. The number of aromatic nitrogens is 7. The Labute approximate surface area is 179 Å². The molecule has 0 amide bonds. The maximum absolute atomic E-state index is 12.5. The molecule has 1 aliphatic carbocycles. The van der Waals surface area contributed by atoms with Crippen molar-refractivity contribution in [2.24, 2.45) is 7.05 Å². The highest BCUT2D eigenvalue weighted by Crippen LogP contribution is 2.30. The number of aryl methyl sites for hydroxylation is 2. The molecular formula is C22H24N8O. The molecule has 1 aliphatic rings. The lowest BCUT2D eigenvalue weighted by atomic mass is 9.91. The summed E-state index contributed by atoms with van der Waals surface area (Å²) < 4.78 is 3.42. The molecule has 9 heteroatoms. The first-order chi connectivity index (χ1) is 15.1. The summed E-state index contributed by atoms with van der Waals surface area (Å²) in [6.45, 7) is 1.89. The predicted octanol–water partition coefficient (Wildman–Crippen LogP) is 2.89. The van der Waals surface area contributed by atoms with Crippen LogP contribution in [0.3, 0.4) is 0 Å². The number of fused-ring (bicyclic) bond motifs is 1. The van der Waals surface area contributed by atoms with Crippen LogP contribution < -0.4 is 10.9 Å². The summed E-state index contributed by atoms with van der Waals surface area (Å²) in [4.78, 5) is 25.6. The molecule has 0 atom stereocenters. The van der Waals surface area contributed by atoms with Crippen LogP contribution in [-0.2, 0) is 7.05 Å². The zero-order valence-electron chi connectivity index (χ0n) is 17.6. The van der Waals surface area contributed by atoms with E-state index in [-0.39, 0.29) is 17.6 Å². The second-order valence-corrected chi connectivity index (χ2v) is 8.01. The average Bonchev–Trinajstić information content (AvgIpc) is 3.16. The van der Waals surface area contributed by atoms with Gasteiger partial charge >= 0.3 is 0 Å². The second kappa shape index (κ2) is 7.90. The van der Waals surface area contributed by atoms with Crippen LogP contribution >= 0.6 is 0 Å². The van der Waals surface area contributed by atoms with Crippen LogP contribution in [0, 0.1) is 6.92 Å². The quantitative estimate of drug-likeness (QED) is 0.545. The molecule has 0 aliphatic heterocycles. The van der Waals surface area contributed by atoms with Crippen molar-refractivity contribution in [1.82, 2.24) is 34.5 Å². The zero-order valence-corrected chi connectivity index (χ0v) is 17.6. The Hall–Kier alpha value is -3.62. The van der Waals surface area contributed by atoms with E-state index in [0.29, 0.717) is 0 Å². The molecule has 31 heavy (non-hydrogen) atoms. The molecule has 0 unspecified atom stereocenters. The first-order valence-corrected chi connectivity index (χ1v) is 10.5. The number of hydrogen-bond acceptors (Lipinski definition) is 7. The Balaban J connectivity index is 1.32. The number of pyridine rings is 1. The van der Waals surface area contributed by atoms with Crippen molar-refractivity contribution in [3.05, 3.63) is 59.0 Å². The predicted molar refractivity (Wildman–Crippen MR) is 118 cm³/mol. The van der Waals surface area contributed by atoms with Crippen molar-refractivity contribution in [2.45, 2.75) is 44.7 Å². The SMILES string of the molecule is Cc1nc(NC2CCC(n3nc(-c4ccncc4)ccc3=O)CC2)c2cnn(C)c2n1. The lowest BCUT2D eigenvalue weighted by Gasteiger charge is -2.30. The van der Waals surface area contributed by atoms with Crippen molar-refractivity contribution < 1.29 is 0 Å². The lowest BCUT2D eigenvalue weighted by molar-refractivity contribution is 0.304. The minimum Gasteiger partial charge on any atom is -0.367 e. The number of nitrogens with one attached hydrogen (secondary N) is 1. The molecule has 4 heterocycles. The van der Waals surface area contributed by atoms with Gasteiger partial charge in [0.2, 0.25) is 0 Å². The molecule has 0 spiro atoms. The molecule has 0 bridgehead atoms. The summed E-state index contributed by atoms with van der Waals surface area (Å²) >= 11 is 0. The summed E-state index contributed by atoms with van der Waals surface area (Å²) in [7, 11) is 1.88. The van der Waals surface area contributed by atoms with Gasteiger partial charge in [-0.05, 0) is 50.8 Å². The Morgan fingerprint density at radius 1 is 1.03 bits per heavy atom. The van der Waals surface area contributed by atoms with Crippen LogP contribution in [0.15, 0.2) is 47.7 Å². The minimum absolute atomic E-state index is 0.0577. The normalized spacial score (nSPS) is 18.9. The molecule has 5 rings (SSSR count). The third-order valence-corrected chi connectivity index (χ3v) is 5.89. The van der Waals surface area contributed by atoms with E-state index in [0.717, 1.165) is 59.6 Å². The van der Waals surface area contributed by atoms with E-state index in [1.807, 2.05) is 26.1 Å². The second-order valence-electron chi connectivity index (χ2n) is 8.01.